The van der Waals surface area contributed by atoms with E-state index in [1.807, 2.05) is 40.1 Å². The fourth-order valence-electron chi connectivity index (χ4n) is 3.73. The van der Waals surface area contributed by atoms with E-state index in [9.17, 15) is 9.59 Å². The number of fused-ring (bicyclic) bond motifs is 1. The van der Waals surface area contributed by atoms with Gasteiger partial charge in [0.25, 0.3) is 0 Å². The van der Waals surface area contributed by atoms with Gasteiger partial charge in [0.2, 0.25) is 0 Å². The molecule has 29 heavy (non-hydrogen) atoms. The van der Waals surface area contributed by atoms with E-state index in [4.69, 9.17) is 0 Å². The van der Waals surface area contributed by atoms with Crippen molar-refractivity contribution in [2.75, 3.05) is 44.4 Å². The Morgan fingerprint density at radius 3 is 2.62 bits per heavy atom. The molecule has 2 N–H and O–H groups in total. The highest BCUT2D eigenvalue weighted by Gasteiger charge is 2.22. The van der Waals surface area contributed by atoms with Crippen LogP contribution in [0.3, 0.4) is 0 Å². The van der Waals surface area contributed by atoms with Crippen molar-refractivity contribution < 1.29 is 9.59 Å². The summed E-state index contributed by atoms with van der Waals surface area (Å²) in [5.41, 5.74) is 6.43. The van der Waals surface area contributed by atoms with Gasteiger partial charge in [0.05, 0.1) is 6.04 Å². The van der Waals surface area contributed by atoms with Crippen LogP contribution < -0.4 is 15.5 Å². The highest BCUT2D eigenvalue weighted by molar-refractivity contribution is 6.39. The van der Waals surface area contributed by atoms with Gasteiger partial charge in [-0.05, 0) is 68.8 Å². The molecule has 2 aromatic rings. The van der Waals surface area contributed by atoms with Crippen LogP contribution in [0.2, 0.25) is 0 Å². The molecule has 6 heteroatoms. The van der Waals surface area contributed by atoms with Gasteiger partial charge in [-0.15, -0.1) is 0 Å². The second-order valence-electron chi connectivity index (χ2n) is 7.95. The summed E-state index contributed by atoms with van der Waals surface area (Å²) in [5, 5.41) is 5.50. The number of amides is 2. The van der Waals surface area contributed by atoms with E-state index in [-0.39, 0.29) is 6.04 Å². The molecule has 0 spiro atoms. The predicted molar refractivity (Wildman–Crippen MR) is 117 cm³/mol. The molecule has 0 saturated heterocycles. The smallest absolute Gasteiger partial charge is 0.313 e. The van der Waals surface area contributed by atoms with E-state index in [1.54, 1.807) is 6.07 Å². The molecule has 2 aromatic carbocycles. The van der Waals surface area contributed by atoms with Crippen LogP contribution in [0, 0.1) is 13.8 Å². The fourth-order valence-corrected chi connectivity index (χ4v) is 3.73. The van der Waals surface area contributed by atoms with Crippen molar-refractivity contribution >= 4 is 23.2 Å². The minimum absolute atomic E-state index is 0.0105. The number of carbonyl (C=O) groups excluding carboxylic acids is 2. The van der Waals surface area contributed by atoms with Gasteiger partial charge < -0.3 is 20.4 Å². The zero-order chi connectivity index (χ0) is 21.1. The molecule has 0 fully saturated rings. The van der Waals surface area contributed by atoms with Crippen molar-refractivity contribution in [2.24, 2.45) is 0 Å². The van der Waals surface area contributed by atoms with E-state index in [0.717, 1.165) is 29.7 Å². The highest BCUT2D eigenvalue weighted by atomic mass is 16.2. The Hall–Kier alpha value is -2.86. The standard InChI is InChI=1S/C23H30N4O2/c1-15-7-6-8-19(16(15)2)25-23(29)22(28)24-14-21(26(3)4)17-9-10-20-18(13-17)11-12-27(20)5/h6-10,13,21H,11-12,14H2,1-5H3,(H,24,28)(H,25,29)/t21-/m1/s1. The van der Waals surface area contributed by atoms with Crippen molar-refractivity contribution in [3.8, 4) is 0 Å². The molecule has 0 saturated carbocycles. The number of hydrogen-bond acceptors (Lipinski definition) is 4. The van der Waals surface area contributed by atoms with Crippen molar-refractivity contribution in [2.45, 2.75) is 26.3 Å². The topological polar surface area (TPSA) is 64.7 Å². The molecule has 154 valence electrons. The lowest BCUT2D eigenvalue weighted by Gasteiger charge is -2.26. The lowest BCUT2D eigenvalue weighted by molar-refractivity contribution is -0.136. The zero-order valence-electron chi connectivity index (χ0n) is 17.9. The molecule has 0 radical (unpaired) electrons. The molecule has 3 rings (SSSR count). The average Bonchev–Trinajstić information content (AvgIpc) is 3.05. The molecule has 0 bridgehead atoms. The van der Waals surface area contributed by atoms with E-state index < -0.39 is 11.8 Å². The predicted octanol–water partition coefficient (Wildman–Crippen LogP) is 2.65. The second kappa shape index (κ2) is 8.66. The number of aryl methyl sites for hydroxylation is 1. The minimum Gasteiger partial charge on any atom is -0.374 e. The molecule has 6 nitrogen and oxygen atoms in total. The monoisotopic (exact) mass is 394 g/mol. The maximum atomic E-state index is 12.4. The summed E-state index contributed by atoms with van der Waals surface area (Å²) in [6, 6.07) is 12.1. The van der Waals surface area contributed by atoms with Gasteiger partial charge in [0.15, 0.2) is 0 Å². The Bertz CT molecular complexity index is 923. The molecule has 0 aromatic heterocycles. The molecule has 1 heterocycles. The van der Waals surface area contributed by atoms with Gasteiger partial charge in [0.1, 0.15) is 0 Å². The van der Waals surface area contributed by atoms with E-state index in [0.29, 0.717) is 12.2 Å². The summed E-state index contributed by atoms with van der Waals surface area (Å²) in [7, 11) is 6.06. The van der Waals surface area contributed by atoms with E-state index in [1.165, 1.54) is 11.3 Å². The first kappa shape index (κ1) is 20.9. The van der Waals surface area contributed by atoms with Crippen molar-refractivity contribution in [1.29, 1.82) is 0 Å². The van der Waals surface area contributed by atoms with Gasteiger partial charge in [-0.2, -0.15) is 0 Å². The van der Waals surface area contributed by atoms with E-state index >= 15 is 0 Å². The third kappa shape index (κ3) is 4.59. The van der Waals surface area contributed by atoms with Gasteiger partial charge in [-0.25, -0.2) is 0 Å². The second-order valence-corrected chi connectivity index (χ2v) is 7.95. The molecule has 0 aliphatic carbocycles. The number of hydrogen-bond donors (Lipinski definition) is 2. The molecular formula is C23H30N4O2. The van der Waals surface area contributed by atoms with Gasteiger partial charge in [-0.3, -0.25) is 9.59 Å². The molecule has 1 aliphatic heterocycles. The fraction of sp³-hybridized carbons (Fsp3) is 0.391. The molecule has 2 amide bonds. The van der Waals surface area contributed by atoms with Gasteiger partial charge >= 0.3 is 11.8 Å². The molecular weight excluding hydrogens is 364 g/mol. The number of anilines is 2. The number of rotatable bonds is 5. The molecule has 0 unspecified atom stereocenters. The summed E-state index contributed by atoms with van der Waals surface area (Å²) in [6.07, 6.45) is 1.03. The highest BCUT2D eigenvalue weighted by Crippen LogP contribution is 2.30. The lowest BCUT2D eigenvalue weighted by atomic mass is 10.0. The molecule has 1 aliphatic rings. The molecule has 1 atom stereocenters. The van der Waals surface area contributed by atoms with Crippen LogP contribution in [0.25, 0.3) is 0 Å². The normalized spacial score (nSPS) is 13.9. The number of benzene rings is 2. The first-order valence-corrected chi connectivity index (χ1v) is 9.93. The lowest BCUT2D eigenvalue weighted by Crippen LogP contribution is -2.40. The van der Waals surface area contributed by atoms with Gasteiger partial charge in [-0.1, -0.05) is 24.3 Å². The van der Waals surface area contributed by atoms with Crippen LogP contribution in [-0.2, 0) is 16.0 Å². The number of nitrogens with one attached hydrogen (secondary N) is 2. The maximum absolute atomic E-state index is 12.4. The van der Waals surface area contributed by atoms with Crippen molar-refractivity contribution in [3.05, 3.63) is 58.7 Å². The average molecular weight is 395 g/mol. The first-order chi connectivity index (χ1) is 13.8. The number of nitrogens with zero attached hydrogens (tertiary/aromatic N) is 2. The maximum Gasteiger partial charge on any atom is 0.313 e. The Balaban J connectivity index is 1.65. The first-order valence-electron chi connectivity index (χ1n) is 9.93. The number of carbonyl (C=O) groups is 2. The van der Waals surface area contributed by atoms with Crippen LogP contribution in [0.4, 0.5) is 11.4 Å². The van der Waals surface area contributed by atoms with Crippen molar-refractivity contribution in [1.82, 2.24) is 10.2 Å². The van der Waals surface area contributed by atoms with Crippen LogP contribution in [-0.4, -0.2) is 50.9 Å². The van der Waals surface area contributed by atoms with Crippen LogP contribution in [0.1, 0.15) is 28.3 Å². The van der Waals surface area contributed by atoms with E-state index in [2.05, 4.69) is 45.7 Å². The summed E-state index contributed by atoms with van der Waals surface area (Å²) >= 11 is 0. The zero-order valence-corrected chi connectivity index (χ0v) is 17.9. The Morgan fingerprint density at radius 1 is 1.14 bits per heavy atom. The Morgan fingerprint density at radius 2 is 1.90 bits per heavy atom. The SMILES string of the molecule is Cc1cccc(NC(=O)C(=O)NC[C@H](c2ccc3c(c2)CCN3C)N(C)C)c1C. The summed E-state index contributed by atoms with van der Waals surface area (Å²) in [4.78, 5) is 29.0. The third-order valence-electron chi connectivity index (χ3n) is 5.75. The summed E-state index contributed by atoms with van der Waals surface area (Å²) in [5.74, 6) is -1.27. The van der Waals surface area contributed by atoms with Gasteiger partial charge in [0, 0.05) is 31.5 Å². The summed E-state index contributed by atoms with van der Waals surface area (Å²) in [6.45, 7) is 5.29. The Labute approximate surface area is 172 Å². The number of likely N-dealkylation sites (N-methyl/N-ethyl adjacent to an activating group) is 2. The largest absolute Gasteiger partial charge is 0.374 e. The van der Waals surface area contributed by atoms with Crippen LogP contribution in [0.15, 0.2) is 36.4 Å². The quantitative estimate of drug-likeness (QED) is 0.766. The summed E-state index contributed by atoms with van der Waals surface area (Å²) < 4.78 is 0. The third-order valence-corrected chi connectivity index (χ3v) is 5.75. The van der Waals surface area contributed by atoms with Crippen LogP contribution in [0.5, 0.6) is 0 Å². The van der Waals surface area contributed by atoms with Crippen LogP contribution >= 0.6 is 0 Å². The Kier molecular flexibility index (Phi) is 6.23. The minimum atomic E-state index is -0.646. The van der Waals surface area contributed by atoms with Crippen molar-refractivity contribution in [3.63, 3.8) is 0 Å².